The molecule has 0 atom stereocenters. The number of hydrogen-bond acceptors (Lipinski definition) is 2. The Morgan fingerprint density at radius 2 is 1.57 bits per heavy atom. The second-order valence-corrected chi connectivity index (χ2v) is 6.84. The molecule has 0 amide bonds. The number of rotatable bonds is 4. The normalized spacial score (nSPS) is 11.1. The average molecular weight is 394 g/mol. The van der Waals surface area contributed by atoms with Crippen LogP contribution in [0.25, 0.3) is 16.9 Å². The lowest BCUT2D eigenvalue weighted by molar-refractivity contribution is 0.614. The maximum absolute atomic E-state index is 13.1. The maximum atomic E-state index is 13.1. The molecule has 3 nitrogen and oxygen atoms in total. The largest absolute Gasteiger partial charge is 0.304 e. The summed E-state index contributed by atoms with van der Waals surface area (Å²) in [7, 11) is -2.43. The number of hydrogen-bond donors (Lipinski definition) is 1. The summed E-state index contributed by atoms with van der Waals surface area (Å²) in [6.45, 7) is 0. The Kier molecular flexibility index (Phi) is 4.63. The fraction of sp³-hybridized carbons (Fsp3) is 0.0588. The van der Waals surface area contributed by atoms with Crippen molar-refractivity contribution in [3.05, 3.63) is 76.6 Å². The molecule has 23 heavy (non-hydrogen) atoms. The van der Waals surface area contributed by atoms with Crippen molar-refractivity contribution in [3.63, 3.8) is 0 Å². The zero-order chi connectivity index (χ0) is 16.4. The first-order chi connectivity index (χ1) is 11.0. The van der Waals surface area contributed by atoms with Crippen LogP contribution >= 0.6 is 15.9 Å². The highest BCUT2D eigenvalue weighted by molar-refractivity contribution is 9.10. The van der Waals surface area contributed by atoms with Gasteiger partial charge in [0, 0.05) is 5.69 Å². The van der Waals surface area contributed by atoms with Crippen LogP contribution in [-0.4, -0.2) is 13.0 Å². The van der Waals surface area contributed by atoms with Crippen LogP contribution in [0.15, 0.2) is 65.3 Å². The van der Waals surface area contributed by atoms with Crippen molar-refractivity contribution in [2.45, 2.75) is 5.75 Å². The number of thiol groups is 1. The van der Waals surface area contributed by atoms with Crippen molar-refractivity contribution in [1.82, 2.24) is 4.57 Å². The van der Waals surface area contributed by atoms with Gasteiger partial charge >= 0.3 is 0 Å². The van der Waals surface area contributed by atoms with Crippen LogP contribution in [0.1, 0.15) is 5.56 Å². The minimum absolute atomic E-state index is 0.0400. The van der Waals surface area contributed by atoms with Gasteiger partial charge in [-0.25, -0.2) is 12.8 Å². The van der Waals surface area contributed by atoms with E-state index in [1.807, 2.05) is 28.8 Å². The van der Waals surface area contributed by atoms with E-state index >= 15 is 0 Å². The van der Waals surface area contributed by atoms with E-state index in [1.165, 1.54) is 12.1 Å². The van der Waals surface area contributed by atoms with E-state index in [9.17, 15) is 12.8 Å². The zero-order valence-electron chi connectivity index (χ0n) is 11.9. The molecule has 3 aromatic rings. The predicted octanol–water partition coefficient (Wildman–Crippen LogP) is 4.16. The molecule has 0 N–H and O–H groups in total. The minimum atomic E-state index is -2.43. The van der Waals surface area contributed by atoms with Gasteiger partial charge in [0.15, 0.2) is 0 Å². The average Bonchev–Trinajstić information content (AvgIpc) is 2.90. The van der Waals surface area contributed by atoms with Gasteiger partial charge in [0.25, 0.3) is 0 Å². The summed E-state index contributed by atoms with van der Waals surface area (Å²) in [6.07, 6.45) is 0. The van der Waals surface area contributed by atoms with Crippen LogP contribution < -0.4 is 0 Å². The molecule has 1 aromatic heterocycles. The number of nitrogens with zero attached hydrogens (tertiary/aromatic N) is 1. The van der Waals surface area contributed by atoms with Gasteiger partial charge in [-0.3, -0.25) is 0 Å². The second kappa shape index (κ2) is 6.68. The monoisotopic (exact) mass is 393 g/mol. The first-order valence-electron chi connectivity index (χ1n) is 6.89. The molecule has 0 radical (unpaired) electrons. The van der Waals surface area contributed by atoms with E-state index in [0.29, 0.717) is 0 Å². The number of aromatic nitrogens is 1. The Bertz CT molecular complexity index is 891. The summed E-state index contributed by atoms with van der Waals surface area (Å²) in [5, 5.41) is 0. The molecule has 0 unspecified atom stereocenters. The molecule has 6 heteroatoms. The molecule has 3 rings (SSSR count). The summed E-state index contributed by atoms with van der Waals surface area (Å²) in [5.41, 5.74) is 3.47. The minimum Gasteiger partial charge on any atom is -0.304 e. The highest BCUT2D eigenvalue weighted by Crippen LogP contribution is 2.29. The van der Waals surface area contributed by atoms with Crippen molar-refractivity contribution in [2.75, 3.05) is 0 Å². The molecule has 2 aromatic carbocycles. The molecule has 0 fully saturated rings. The molecule has 118 valence electrons. The highest BCUT2D eigenvalue weighted by Gasteiger charge is 2.10. The van der Waals surface area contributed by atoms with Crippen LogP contribution in [0.4, 0.5) is 4.39 Å². The molecule has 0 aliphatic rings. The van der Waals surface area contributed by atoms with Crippen molar-refractivity contribution >= 4 is 26.6 Å². The molecule has 1 heterocycles. The Morgan fingerprint density at radius 1 is 0.913 bits per heavy atom. The summed E-state index contributed by atoms with van der Waals surface area (Å²) in [6, 6.07) is 17.5. The molecular formula is C17H13BrFNO2S. The Balaban J connectivity index is 2.02. The number of halogens is 2. The van der Waals surface area contributed by atoms with Gasteiger partial charge in [-0.1, -0.05) is 24.3 Å². The molecule has 0 aliphatic heterocycles. The molecule has 0 saturated carbocycles. The van der Waals surface area contributed by atoms with Crippen molar-refractivity contribution in [2.24, 2.45) is 0 Å². The van der Waals surface area contributed by atoms with E-state index in [1.54, 1.807) is 24.3 Å². The fourth-order valence-corrected chi connectivity index (χ4v) is 3.46. The smallest absolute Gasteiger partial charge is 0.144 e. The van der Waals surface area contributed by atoms with Gasteiger partial charge in [0.05, 0.1) is 16.0 Å². The summed E-state index contributed by atoms with van der Waals surface area (Å²) in [4.78, 5) is 0. The molecular weight excluding hydrogens is 381 g/mol. The molecule has 0 aliphatic carbocycles. The Hall–Kier alpha value is -1.92. The molecule has 0 spiro atoms. The van der Waals surface area contributed by atoms with Gasteiger partial charge in [-0.15, -0.1) is 0 Å². The molecule has 0 saturated heterocycles. The Morgan fingerprint density at radius 3 is 2.17 bits per heavy atom. The van der Waals surface area contributed by atoms with Crippen LogP contribution in [0.3, 0.4) is 0 Å². The van der Waals surface area contributed by atoms with Gasteiger partial charge in [-0.05, 0) is 63.5 Å². The van der Waals surface area contributed by atoms with E-state index in [4.69, 9.17) is 0 Å². The fourth-order valence-electron chi connectivity index (χ4n) is 2.42. The van der Waals surface area contributed by atoms with Gasteiger partial charge in [0.2, 0.25) is 0 Å². The maximum Gasteiger partial charge on any atom is 0.144 e. The van der Waals surface area contributed by atoms with Crippen LogP contribution in [0.5, 0.6) is 0 Å². The lowest BCUT2D eigenvalue weighted by Crippen LogP contribution is -1.97. The van der Waals surface area contributed by atoms with Crippen molar-refractivity contribution in [3.8, 4) is 16.9 Å². The lowest BCUT2D eigenvalue weighted by atomic mass is 10.1. The highest BCUT2D eigenvalue weighted by atomic mass is 79.9. The van der Waals surface area contributed by atoms with Gasteiger partial charge in [-0.2, -0.15) is 0 Å². The van der Waals surface area contributed by atoms with E-state index in [-0.39, 0.29) is 11.6 Å². The summed E-state index contributed by atoms with van der Waals surface area (Å²) < 4.78 is 37.5. The van der Waals surface area contributed by atoms with Gasteiger partial charge < -0.3 is 4.57 Å². The third kappa shape index (κ3) is 3.54. The Labute approximate surface area is 143 Å². The van der Waals surface area contributed by atoms with Crippen molar-refractivity contribution < 1.29 is 12.8 Å². The first-order valence-corrected chi connectivity index (χ1v) is 9.04. The van der Waals surface area contributed by atoms with Gasteiger partial charge in [0.1, 0.15) is 16.5 Å². The SMILES string of the molecule is O=[SH](=O)Cc1ccc(-c2ccc(Br)n2-c2ccc(F)cc2)cc1. The quantitative estimate of drug-likeness (QED) is 0.675. The predicted molar refractivity (Wildman–Crippen MR) is 92.9 cm³/mol. The third-order valence-corrected chi connectivity index (χ3v) is 4.72. The number of benzene rings is 2. The van der Waals surface area contributed by atoms with Crippen LogP contribution in [0, 0.1) is 5.82 Å². The van der Waals surface area contributed by atoms with E-state index in [0.717, 1.165) is 27.1 Å². The standard InChI is InChI=1S/C17H13BrFNO2S/c18-17-10-9-16(20(17)15-7-5-14(19)6-8-15)13-3-1-12(2-4-13)11-23(21)22/h1-10,23H,11H2. The molecule has 0 bridgehead atoms. The topological polar surface area (TPSA) is 39.1 Å². The van der Waals surface area contributed by atoms with Crippen molar-refractivity contribution in [1.29, 1.82) is 0 Å². The third-order valence-electron chi connectivity index (χ3n) is 3.48. The second-order valence-electron chi connectivity index (χ2n) is 5.04. The van der Waals surface area contributed by atoms with Crippen LogP contribution in [-0.2, 0) is 16.5 Å². The van der Waals surface area contributed by atoms with Crippen LogP contribution in [0.2, 0.25) is 0 Å². The zero-order valence-corrected chi connectivity index (χ0v) is 14.4. The van der Waals surface area contributed by atoms with E-state index in [2.05, 4.69) is 15.9 Å². The first kappa shape index (κ1) is 16.0. The summed E-state index contributed by atoms with van der Waals surface area (Å²) in [5.74, 6) is -0.243. The summed E-state index contributed by atoms with van der Waals surface area (Å²) >= 11 is 3.51. The lowest BCUT2D eigenvalue weighted by Gasteiger charge is -2.11. The van der Waals surface area contributed by atoms with E-state index < -0.39 is 10.7 Å².